The number of benzene rings is 2. The van der Waals surface area contributed by atoms with Crippen LogP contribution in [0.1, 0.15) is 50.8 Å². The molecule has 0 spiro atoms. The standard InChI is InChI=1S/C23H25NO2S2/c1-5-7-16-14-17(23(2,3)4)10-11-19(16)26-18-9-6-8-15(12-18)13-20-21(25)24-22(27)28-20/h6,8-14H,5,7H2,1-4H3,(H,24,25,27)/b20-13-. The number of carbonyl (C=O) groups is 1. The van der Waals surface area contributed by atoms with Gasteiger partial charge in [-0.25, -0.2) is 0 Å². The molecule has 1 fully saturated rings. The molecule has 1 amide bonds. The van der Waals surface area contributed by atoms with Crippen molar-refractivity contribution in [2.75, 3.05) is 0 Å². The Bertz CT molecular complexity index is 942. The third-order valence-electron chi connectivity index (χ3n) is 4.47. The first kappa shape index (κ1) is 20.6. The van der Waals surface area contributed by atoms with Crippen LogP contribution in [0.2, 0.25) is 0 Å². The molecule has 0 bridgehead atoms. The van der Waals surface area contributed by atoms with Gasteiger partial charge in [-0.15, -0.1) is 0 Å². The fourth-order valence-corrected chi connectivity index (χ4v) is 4.02. The number of ether oxygens (including phenoxy) is 1. The lowest BCUT2D eigenvalue weighted by atomic mass is 9.85. The molecule has 3 nitrogen and oxygen atoms in total. The average molecular weight is 412 g/mol. The van der Waals surface area contributed by atoms with E-state index in [1.807, 2.05) is 30.3 Å². The fraction of sp³-hybridized carbons (Fsp3) is 0.304. The van der Waals surface area contributed by atoms with Crippen LogP contribution in [-0.4, -0.2) is 10.2 Å². The summed E-state index contributed by atoms with van der Waals surface area (Å²) < 4.78 is 6.71. The molecule has 0 unspecified atom stereocenters. The zero-order valence-corrected chi connectivity index (χ0v) is 18.3. The summed E-state index contributed by atoms with van der Waals surface area (Å²) in [5.74, 6) is 1.49. The maximum Gasteiger partial charge on any atom is 0.263 e. The highest BCUT2D eigenvalue weighted by atomic mass is 32.2. The number of thioether (sulfide) groups is 1. The predicted molar refractivity (Wildman–Crippen MR) is 122 cm³/mol. The van der Waals surface area contributed by atoms with Crippen molar-refractivity contribution in [3.63, 3.8) is 0 Å². The van der Waals surface area contributed by atoms with E-state index < -0.39 is 0 Å². The number of hydrogen-bond donors (Lipinski definition) is 1. The summed E-state index contributed by atoms with van der Waals surface area (Å²) in [6.07, 6.45) is 3.86. The Hall–Kier alpha value is -2.11. The van der Waals surface area contributed by atoms with Gasteiger partial charge in [0, 0.05) is 0 Å². The molecule has 5 heteroatoms. The van der Waals surface area contributed by atoms with Gasteiger partial charge in [-0.05, 0) is 52.8 Å². The van der Waals surface area contributed by atoms with Gasteiger partial charge < -0.3 is 10.1 Å². The third-order valence-corrected chi connectivity index (χ3v) is 5.63. The van der Waals surface area contributed by atoms with Crippen molar-refractivity contribution >= 4 is 40.3 Å². The molecular weight excluding hydrogens is 386 g/mol. The van der Waals surface area contributed by atoms with E-state index in [1.165, 1.54) is 22.9 Å². The van der Waals surface area contributed by atoms with E-state index in [2.05, 4.69) is 51.2 Å². The van der Waals surface area contributed by atoms with Gasteiger partial charge in [-0.3, -0.25) is 4.79 Å². The maximum atomic E-state index is 11.9. The normalized spacial score (nSPS) is 15.8. The number of rotatable bonds is 5. The minimum Gasteiger partial charge on any atom is -0.457 e. The Balaban J connectivity index is 1.87. The Morgan fingerprint density at radius 3 is 2.61 bits per heavy atom. The highest BCUT2D eigenvalue weighted by Crippen LogP contribution is 2.33. The largest absolute Gasteiger partial charge is 0.457 e. The SMILES string of the molecule is CCCc1cc(C(C)(C)C)ccc1Oc1cccc(/C=C2\SC(=S)NC2=O)c1. The molecule has 2 aromatic carbocycles. The maximum absolute atomic E-state index is 11.9. The second-order valence-electron chi connectivity index (χ2n) is 7.85. The molecule has 0 saturated carbocycles. The van der Waals surface area contributed by atoms with Gasteiger partial charge in [-0.1, -0.05) is 82.4 Å². The van der Waals surface area contributed by atoms with E-state index >= 15 is 0 Å². The van der Waals surface area contributed by atoms with Crippen LogP contribution in [0.3, 0.4) is 0 Å². The Morgan fingerprint density at radius 2 is 1.96 bits per heavy atom. The second kappa shape index (κ2) is 8.50. The van der Waals surface area contributed by atoms with Crippen molar-refractivity contribution in [2.24, 2.45) is 0 Å². The Labute approximate surface area is 176 Å². The van der Waals surface area contributed by atoms with Crippen molar-refractivity contribution in [1.29, 1.82) is 0 Å². The van der Waals surface area contributed by atoms with Gasteiger partial charge in [0.1, 0.15) is 15.8 Å². The minimum atomic E-state index is -0.149. The molecule has 28 heavy (non-hydrogen) atoms. The quantitative estimate of drug-likeness (QED) is 0.468. The van der Waals surface area contributed by atoms with Gasteiger partial charge in [0.05, 0.1) is 4.91 Å². The summed E-state index contributed by atoms with van der Waals surface area (Å²) in [6.45, 7) is 8.84. The van der Waals surface area contributed by atoms with E-state index in [1.54, 1.807) is 0 Å². The predicted octanol–water partition coefficient (Wildman–Crippen LogP) is 6.22. The minimum absolute atomic E-state index is 0.104. The van der Waals surface area contributed by atoms with Gasteiger partial charge in [0.25, 0.3) is 5.91 Å². The van der Waals surface area contributed by atoms with E-state index in [-0.39, 0.29) is 11.3 Å². The third kappa shape index (κ3) is 5.03. The summed E-state index contributed by atoms with van der Waals surface area (Å²) in [6, 6.07) is 14.2. The summed E-state index contributed by atoms with van der Waals surface area (Å²) in [5, 5.41) is 2.64. The number of thiocarbonyl (C=S) groups is 1. The highest BCUT2D eigenvalue weighted by molar-refractivity contribution is 8.26. The summed E-state index contributed by atoms with van der Waals surface area (Å²) in [7, 11) is 0. The van der Waals surface area contributed by atoms with Gasteiger partial charge in [0.15, 0.2) is 0 Å². The number of carbonyl (C=O) groups excluding carboxylic acids is 1. The smallest absolute Gasteiger partial charge is 0.263 e. The van der Waals surface area contributed by atoms with Crippen LogP contribution >= 0.6 is 24.0 Å². The van der Waals surface area contributed by atoms with Crippen molar-refractivity contribution < 1.29 is 9.53 Å². The van der Waals surface area contributed by atoms with Crippen molar-refractivity contribution in [3.8, 4) is 11.5 Å². The number of nitrogens with one attached hydrogen (secondary N) is 1. The number of aryl methyl sites for hydroxylation is 1. The second-order valence-corrected chi connectivity index (χ2v) is 9.57. The van der Waals surface area contributed by atoms with Crippen molar-refractivity contribution in [2.45, 2.75) is 46.0 Å². The van der Waals surface area contributed by atoms with Gasteiger partial charge in [-0.2, -0.15) is 0 Å². The molecule has 1 N–H and O–H groups in total. The Morgan fingerprint density at radius 1 is 1.18 bits per heavy atom. The molecule has 0 aliphatic carbocycles. The number of amides is 1. The molecule has 0 radical (unpaired) electrons. The molecule has 2 aromatic rings. The number of hydrogen-bond acceptors (Lipinski definition) is 4. The van der Waals surface area contributed by atoms with Crippen LogP contribution in [0.15, 0.2) is 47.4 Å². The van der Waals surface area contributed by atoms with Crippen LogP contribution < -0.4 is 10.1 Å². The van der Waals surface area contributed by atoms with Crippen LogP contribution in [0.4, 0.5) is 0 Å². The summed E-state index contributed by atoms with van der Waals surface area (Å²) in [4.78, 5) is 12.5. The molecular formula is C23H25NO2S2. The topological polar surface area (TPSA) is 38.3 Å². The lowest BCUT2D eigenvalue weighted by Crippen LogP contribution is -2.17. The van der Waals surface area contributed by atoms with Crippen LogP contribution in [0.25, 0.3) is 6.08 Å². The molecule has 146 valence electrons. The summed E-state index contributed by atoms with van der Waals surface area (Å²) in [5.41, 5.74) is 3.53. The average Bonchev–Trinajstić information content (AvgIpc) is 2.93. The van der Waals surface area contributed by atoms with Gasteiger partial charge in [0.2, 0.25) is 0 Å². The first-order valence-electron chi connectivity index (χ1n) is 9.42. The van der Waals surface area contributed by atoms with E-state index in [9.17, 15) is 4.79 Å². The first-order valence-corrected chi connectivity index (χ1v) is 10.6. The zero-order valence-electron chi connectivity index (χ0n) is 16.7. The van der Waals surface area contributed by atoms with E-state index in [4.69, 9.17) is 17.0 Å². The molecule has 1 aliphatic rings. The summed E-state index contributed by atoms with van der Waals surface area (Å²) >= 11 is 6.33. The van der Waals surface area contributed by atoms with Crippen molar-refractivity contribution in [3.05, 3.63) is 64.1 Å². The van der Waals surface area contributed by atoms with Crippen LogP contribution in [0.5, 0.6) is 11.5 Å². The lowest BCUT2D eigenvalue weighted by Gasteiger charge is -2.21. The van der Waals surface area contributed by atoms with Crippen molar-refractivity contribution in [1.82, 2.24) is 5.32 Å². The lowest BCUT2D eigenvalue weighted by molar-refractivity contribution is -0.115. The molecule has 1 heterocycles. The van der Waals surface area contributed by atoms with Crippen LogP contribution in [0, 0.1) is 0 Å². The van der Waals surface area contributed by atoms with Crippen LogP contribution in [-0.2, 0) is 16.6 Å². The van der Waals surface area contributed by atoms with E-state index in [0.29, 0.717) is 9.23 Å². The molecule has 1 aliphatic heterocycles. The fourth-order valence-electron chi connectivity index (χ4n) is 2.98. The Kier molecular flexibility index (Phi) is 6.26. The molecule has 0 atom stereocenters. The highest BCUT2D eigenvalue weighted by Gasteiger charge is 2.22. The molecule has 0 aromatic heterocycles. The van der Waals surface area contributed by atoms with E-state index in [0.717, 1.165) is 29.9 Å². The molecule has 3 rings (SSSR count). The monoisotopic (exact) mass is 411 g/mol. The van der Waals surface area contributed by atoms with Gasteiger partial charge >= 0.3 is 0 Å². The zero-order chi connectivity index (χ0) is 20.3. The molecule has 1 saturated heterocycles. The first-order chi connectivity index (χ1) is 13.3.